The van der Waals surface area contributed by atoms with Gasteiger partial charge in [0.15, 0.2) is 0 Å². The molecule has 31 heavy (non-hydrogen) atoms. The molecule has 4 heterocycles. The van der Waals surface area contributed by atoms with Crippen molar-refractivity contribution in [3.8, 4) is 0 Å². The second-order valence-corrected chi connectivity index (χ2v) is 10.7. The molecule has 0 radical (unpaired) electrons. The van der Waals surface area contributed by atoms with Crippen LogP contribution in [0.4, 0.5) is 0 Å². The van der Waals surface area contributed by atoms with Crippen LogP contribution < -0.4 is 0 Å². The summed E-state index contributed by atoms with van der Waals surface area (Å²) in [6.07, 6.45) is 10.7. The number of likely N-dealkylation sites (tertiary alicyclic amines) is 1. The fourth-order valence-electron chi connectivity index (χ4n) is 5.40. The van der Waals surface area contributed by atoms with Gasteiger partial charge >= 0.3 is 5.97 Å². The second kappa shape index (κ2) is 8.62. The Bertz CT molecular complexity index is 812. The van der Waals surface area contributed by atoms with Crippen LogP contribution in [0.5, 0.6) is 0 Å². The fraction of sp³-hybridized carbons (Fsp3) is 0.696. The van der Waals surface area contributed by atoms with Gasteiger partial charge in [0.2, 0.25) is 11.8 Å². The minimum atomic E-state index is -0.853. The third-order valence-corrected chi connectivity index (χ3v) is 8.68. The SMILES string of the molecule is CC(C)N1CC=C[C@]23S[C@@H]4/C=C\CCCCOC(=O)[C@@H]4[C@H]2C(=O)N([C@H](C)CO)C3C1=O. The van der Waals surface area contributed by atoms with E-state index in [1.54, 1.807) is 11.8 Å². The first-order chi connectivity index (χ1) is 14.8. The van der Waals surface area contributed by atoms with Crippen LogP contribution in [-0.2, 0) is 19.1 Å². The normalized spacial score (nSPS) is 37.8. The van der Waals surface area contributed by atoms with Crippen LogP contribution in [0, 0.1) is 11.8 Å². The van der Waals surface area contributed by atoms with Gasteiger partial charge in [-0.25, -0.2) is 0 Å². The average molecular weight is 449 g/mol. The number of rotatable bonds is 3. The van der Waals surface area contributed by atoms with Crippen molar-refractivity contribution in [3.05, 3.63) is 24.3 Å². The Morgan fingerprint density at radius 3 is 2.68 bits per heavy atom. The monoisotopic (exact) mass is 448 g/mol. The number of amides is 2. The lowest BCUT2D eigenvalue weighted by molar-refractivity contribution is -0.153. The Morgan fingerprint density at radius 2 is 1.97 bits per heavy atom. The van der Waals surface area contributed by atoms with Gasteiger partial charge in [0.25, 0.3) is 0 Å². The van der Waals surface area contributed by atoms with E-state index in [0.717, 1.165) is 19.3 Å². The Kier molecular flexibility index (Phi) is 6.23. The van der Waals surface area contributed by atoms with E-state index in [9.17, 15) is 19.5 Å². The third kappa shape index (κ3) is 3.52. The number of esters is 1. The van der Waals surface area contributed by atoms with Crippen LogP contribution in [0.15, 0.2) is 24.3 Å². The summed E-state index contributed by atoms with van der Waals surface area (Å²) in [5.41, 5.74) is 0. The number of aliphatic hydroxyl groups excluding tert-OH is 1. The number of nitrogens with zero attached hydrogens (tertiary/aromatic N) is 2. The molecule has 4 aliphatic rings. The number of ether oxygens (including phenoxy) is 1. The first-order valence-electron chi connectivity index (χ1n) is 11.3. The molecule has 0 aromatic heterocycles. The molecule has 0 aromatic rings. The van der Waals surface area contributed by atoms with Gasteiger partial charge in [0, 0.05) is 17.8 Å². The van der Waals surface area contributed by atoms with Gasteiger partial charge in [-0.1, -0.05) is 24.3 Å². The fourth-order valence-corrected chi connectivity index (χ4v) is 7.39. The molecule has 0 aliphatic carbocycles. The molecule has 1 unspecified atom stereocenters. The maximum atomic E-state index is 13.8. The van der Waals surface area contributed by atoms with Crippen LogP contribution in [-0.4, -0.2) is 80.6 Å². The highest BCUT2D eigenvalue weighted by Gasteiger charge is 2.71. The Balaban J connectivity index is 1.84. The Labute approximate surface area is 187 Å². The molecule has 2 saturated heterocycles. The first-order valence-corrected chi connectivity index (χ1v) is 12.1. The number of thioether (sulfide) groups is 1. The molecule has 4 aliphatic heterocycles. The van der Waals surface area contributed by atoms with Gasteiger partial charge in [0.05, 0.1) is 35.8 Å². The van der Waals surface area contributed by atoms with Gasteiger partial charge in [-0.3, -0.25) is 14.4 Å². The molecular formula is C23H32N2O5S. The lowest BCUT2D eigenvalue weighted by Gasteiger charge is -2.38. The van der Waals surface area contributed by atoms with E-state index >= 15 is 0 Å². The van der Waals surface area contributed by atoms with Crippen LogP contribution in [0.25, 0.3) is 0 Å². The Hall–Kier alpha value is -1.80. The third-order valence-electron chi connectivity index (χ3n) is 6.93. The molecule has 0 saturated carbocycles. The molecule has 4 rings (SSSR count). The smallest absolute Gasteiger partial charge is 0.311 e. The minimum Gasteiger partial charge on any atom is -0.465 e. The molecule has 1 N–H and O–H groups in total. The largest absolute Gasteiger partial charge is 0.465 e. The lowest BCUT2D eigenvalue weighted by Crippen LogP contribution is -2.57. The van der Waals surface area contributed by atoms with Crippen LogP contribution in [0.3, 0.4) is 0 Å². The average Bonchev–Trinajstić information content (AvgIpc) is 3.13. The van der Waals surface area contributed by atoms with Crippen molar-refractivity contribution in [1.29, 1.82) is 0 Å². The highest BCUT2D eigenvalue weighted by Crippen LogP contribution is 2.61. The van der Waals surface area contributed by atoms with Crippen LogP contribution in [0.1, 0.15) is 40.0 Å². The van der Waals surface area contributed by atoms with E-state index in [0.29, 0.717) is 13.2 Å². The van der Waals surface area contributed by atoms with E-state index in [1.165, 1.54) is 16.7 Å². The predicted molar refractivity (Wildman–Crippen MR) is 118 cm³/mol. The van der Waals surface area contributed by atoms with Gasteiger partial charge < -0.3 is 19.6 Å². The molecule has 170 valence electrons. The van der Waals surface area contributed by atoms with Crippen molar-refractivity contribution < 1.29 is 24.2 Å². The number of hydrogen-bond acceptors (Lipinski definition) is 6. The summed E-state index contributed by atoms with van der Waals surface area (Å²) in [5.74, 6) is -2.05. The van der Waals surface area contributed by atoms with Crippen molar-refractivity contribution in [3.63, 3.8) is 0 Å². The van der Waals surface area contributed by atoms with Crippen molar-refractivity contribution in [2.24, 2.45) is 11.8 Å². The standard InChI is InChI=1S/C23H32N2O5S/c1-14(2)24-11-8-10-23-18(20(27)25(15(3)13-26)19(23)21(24)28)17-16(31-23)9-6-4-5-7-12-30-22(17)29/h6,8-10,14-19,26H,4-5,7,11-13H2,1-3H3/b9-6-/t15-,16-,17+,18+,19?,23+/m1/s1. The number of aliphatic hydroxyl groups is 1. The lowest BCUT2D eigenvalue weighted by atomic mass is 9.78. The number of carbonyl (C=O) groups excluding carboxylic acids is 3. The van der Waals surface area contributed by atoms with E-state index < -0.39 is 28.7 Å². The number of hydrogen-bond donors (Lipinski definition) is 1. The summed E-state index contributed by atoms with van der Waals surface area (Å²) in [6, 6.07) is -1.29. The first kappa shape index (κ1) is 22.4. The van der Waals surface area contributed by atoms with E-state index in [1.807, 2.05) is 32.1 Å². The molecule has 0 aromatic carbocycles. The van der Waals surface area contributed by atoms with E-state index in [2.05, 4.69) is 6.08 Å². The van der Waals surface area contributed by atoms with Gasteiger partial charge in [-0.05, 0) is 40.0 Å². The topological polar surface area (TPSA) is 87.2 Å². The Morgan fingerprint density at radius 1 is 1.19 bits per heavy atom. The molecule has 0 bridgehead atoms. The van der Waals surface area contributed by atoms with Crippen LogP contribution >= 0.6 is 11.8 Å². The van der Waals surface area contributed by atoms with Crippen molar-refractivity contribution in [2.75, 3.05) is 19.8 Å². The summed E-state index contributed by atoms with van der Waals surface area (Å²) in [6.45, 7) is 6.24. The molecule has 2 amide bonds. The number of cyclic esters (lactones) is 1. The minimum absolute atomic E-state index is 0.0234. The summed E-state index contributed by atoms with van der Waals surface area (Å²) >= 11 is 1.54. The number of carbonyl (C=O) groups is 3. The van der Waals surface area contributed by atoms with Gasteiger partial charge in [0.1, 0.15) is 6.04 Å². The summed E-state index contributed by atoms with van der Waals surface area (Å²) in [7, 11) is 0. The van der Waals surface area contributed by atoms with E-state index in [4.69, 9.17) is 4.74 Å². The summed E-state index contributed by atoms with van der Waals surface area (Å²) in [4.78, 5) is 44.0. The summed E-state index contributed by atoms with van der Waals surface area (Å²) < 4.78 is 4.73. The molecule has 2 fully saturated rings. The summed E-state index contributed by atoms with van der Waals surface area (Å²) in [5, 5.41) is 9.66. The molecule has 6 atom stereocenters. The van der Waals surface area contributed by atoms with Gasteiger partial charge in [-0.2, -0.15) is 0 Å². The highest BCUT2D eigenvalue weighted by molar-refractivity contribution is 8.02. The molecular weight excluding hydrogens is 416 g/mol. The zero-order valence-corrected chi connectivity index (χ0v) is 19.2. The molecule has 1 spiro atoms. The highest BCUT2D eigenvalue weighted by atomic mass is 32.2. The molecule has 8 heteroatoms. The zero-order chi connectivity index (χ0) is 22.3. The van der Waals surface area contributed by atoms with Crippen molar-refractivity contribution >= 4 is 29.5 Å². The van der Waals surface area contributed by atoms with Crippen molar-refractivity contribution in [1.82, 2.24) is 9.80 Å². The predicted octanol–water partition coefficient (Wildman–Crippen LogP) is 1.75. The van der Waals surface area contributed by atoms with Gasteiger partial charge in [-0.15, -0.1) is 11.8 Å². The second-order valence-electron chi connectivity index (χ2n) is 9.20. The maximum Gasteiger partial charge on any atom is 0.311 e. The number of allylic oxidation sites excluding steroid dienone is 1. The van der Waals surface area contributed by atoms with E-state index in [-0.39, 0.29) is 35.7 Å². The molecule has 7 nitrogen and oxygen atoms in total. The van der Waals surface area contributed by atoms with Crippen LogP contribution in [0.2, 0.25) is 0 Å². The van der Waals surface area contributed by atoms with Crippen molar-refractivity contribution in [2.45, 2.75) is 68.2 Å². The quantitative estimate of drug-likeness (QED) is 0.523. The zero-order valence-electron chi connectivity index (χ0n) is 18.4. The maximum absolute atomic E-state index is 13.8. The number of fused-ring (bicyclic) bond motifs is 2.